The number of fused-ring (bicyclic) bond motifs is 2. The van der Waals surface area contributed by atoms with E-state index < -0.39 is 0 Å². The fourth-order valence-electron chi connectivity index (χ4n) is 2.67. The van der Waals surface area contributed by atoms with Gasteiger partial charge in [-0.05, 0) is 25.0 Å². The van der Waals surface area contributed by atoms with Crippen LogP contribution in [0.3, 0.4) is 0 Å². The molecule has 2 bridgehead atoms. The lowest BCUT2D eigenvalue weighted by atomic mass is 10.2. The van der Waals surface area contributed by atoms with Gasteiger partial charge in [0.05, 0.1) is 0 Å². The summed E-state index contributed by atoms with van der Waals surface area (Å²) in [6, 6.07) is 5.80. The number of aryl methyl sites for hydroxylation is 1. The van der Waals surface area contributed by atoms with Gasteiger partial charge < -0.3 is 5.32 Å². The maximum atomic E-state index is 4.34. The maximum absolute atomic E-state index is 4.34. The van der Waals surface area contributed by atoms with Crippen LogP contribution in [-0.2, 0) is 6.54 Å². The van der Waals surface area contributed by atoms with Crippen molar-refractivity contribution in [3.63, 3.8) is 0 Å². The van der Waals surface area contributed by atoms with Crippen LogP contribution in [-0.4, -0.2) is 35.1 Å². The predicted octanol–water partition coefficient (Wildman–Crippen LogP) is 0.936. The van der Waals surface area contributed by atoms with Gasteiger partial charge in [0.15, 0.2) is 0 Å². The topological polar surface area (TPSA) is 28.2 Å². The lowest BCUT2D eigenvalue weighted by molar-refractivity contribution is 0.217. The summed E-state index contributed by atoms with van der Waals surface area (Å²) in [7, 11) is 0. The van der Waals surface area contributed by atoms with E-state index in [9.17, 15) is 0 Å². The number of pyridine rings is 1. The van der Waals surface area contributed by atoms with Gasteiger partial charge in [-0.25, -0.2) is 0 Å². The summed E-state index contributed by atoms with van der Waals surface area (Å²) >= 11 is 0. The van der Waals surface area contributed by atoms with Crippen LogP contribution in [0.4, 0.5) is 0 Å². The minimum absolute atomic E-state index is 0.744. The predicted molar refractivity (Wildman–Crippen MR) is 59.6 cm³/mol. The van der Waals surface area contributed by atoms with Crippen LogP contribution < -0.4 is 5.32 Å². The summed E-state index contributed by atoms with van der Waals surface area (Å²) in [5.74, 6) is 0. The fourth-order valence-corrected chi connectivity index (χ4v) is 2.67. The molecule has 2 aliphatic heterocycles. The number of nitrogens with zero attached hydrogens (tertiary/aromatic N) is 2. The molecule has 0 radical (unpaired) electrons. The average molecular weight is 203 g/mol. The molecule has 2 saturated heterocycles. The molecule has 2 atom stereocenters. The number of rotatable bonds is 2. The zero-order valence-electron chi connectivity index (χ0n) is 9.11. The lowest BCUT2D eigenvalue weighted by Crippen LogP contribution is -2.42. The molecule has 3 heteroatoms. The van der Waals surface area contributed by atoms with E-state index >= 15 is 0 Å². The van der Waals surface area contributed by atoms with Gasteiger partial charge in [0.1, 0.15) is 0 Å². The van der Waals surface area contributed by atoms with E-state index in [0.717, 1.165) is 24.3 Å². The Morgan fingerprint density at radius 3 is 3.07 bits per heavy atom. The number of likely N-dealkylation sites (tertiary alicyclic amines) is 1. The molecule has 15 heavy (non-hydrogen) atoms. The molecule has 0 aliphatic carbocycles. The standard InChI is InChI=1S/C12H17N3/c1-9-2-3-10(5-13-9)7-15-8-11-4-12(15)6-14-11/h2-3,5,11-12,14H,4,6-8H2,1H3/t11-,12-/m1/s1. The molecule has 80 valence electrons. The van der Waals surface area contributed by atoms with Gasteiger partial charge >= 0.3 is 0 Å². The summed E-state index contributed by atoms with van der Waals surface area (Å²) in [6.45, 7) is 5.48. The highest BCUT2D eigenvalue weighted by molar-refractivity contribution is 5.14. The van der Waals surface area contributed by atoms with Crippen LogP contribution in [0.2, 0.25) is 0 Å². The van der Waals surface area contributed by atoms with Gasteiger partial charge in [0.2, 0.25) is 0 Å². The minimum atomic E-state index is 0.744. The molecule has 0 spiro atoms. The summed E-state index contributed by atoms with van der Waals surface area (Å²) in [4.78, 5) is 6.92. The normalized spacial score (nSPS) is 29.9. The minimum Gasteiger partial charge on any atom is -0.311 e. The molecule has 3 nitrogen and oxygen atoms in total. The van der Waals surface area contributed by atoms with Crippen molar-refractivity contribution in [3.8, 4) is 0 Å². The van der Waals surface area contributed by atoms with Crippen molar-refractivity contribution in [2.75, 3.05) is 13.1 Å². The molecule has 0 amide bonds. The Balaban J connectivity index is 1.68. The first kappa shape index (κ1) is 9.31. The van der Waals surface area contributed by atoms with Crippen molar-refractivity contribution in [2.45, 2.75) is 32.0 Å². The van der Waals surface area contributed by atoms with Gasteiger partial charge in [-0.3, -0.25) is 9.88 Å². The van der Waals surface area contributed by atoms with Gasteiger partial charge in [-0.2, -0.15) is 0 Å². The van der Waals surface area contributed by atoms with Gasteiger partial charge in [-0.15, -0.1) is 0 Å². The third-order valence-electron chi connectivity index (χ3n) is 3.53. The molecule has 0 saturated carbocycles. The second-order valence-corrected chi connectivity index (χ2v) is 4.73. The van der Waals surface area contributed by atoms with Crippen LogP contribution >= 0.6 is 0 Å². The maximum Gasteiger partial charge on any atom is 0.0372 e. The van der Waals surface area contributed by atoms with Gasteiger partial charge in [0.25, 0.3) is 0 Å². The smallest absolute Gasteiger partial charge is 0.0372 e. The summed E-state index contributed by atoms with van der Waals surface area (Å²) in [5.41, 5.74) is 2.44. The Morgan fingerprint density at radius 1 is 1.53 bits per heavy atom. The first-order valence-electron chi connectivity index (χ1n) is 5.70. The Kier molecular flexibility index (Phi) is 2.22. The SMILES string of the molecule is Cc1ccc(CN2C[C@H]3C[C@@H]2CN3)cn1. The van der Waals surface area contributed by atoms with Crippen LogP contribution in [0.15, 0.2) is 18.3 Å². The van der Waals surface area contributed by atoms with Crippen LogP contribution in [0.25, 0.3) is 0 Å². The van der Waals surface area contributed by atoms with Crippen molar-refractivity contribution in [1.82, 2.24) is 15.2 Å². The highest BCUT2D eigenvalue weighted by atomic mass is 15.3. The molecular formula is C12H17N3. The number of nitrogens with one attached hydrogen (secondary N) is 1. The van der Waals surface area contributed by atoms with E-state index in [1.54, 1.807) is 0 Å². The third-order valence-corrected chi connectivity index (χ3v) is 3.53. The van der Waals surface area contributed by atoms with Crippen molar-refractivity contribution >= 4 is 0 Å². The zero-order chi connectivity index (χ0) is 10.3. The van der Waals surface area contributed by atoms with E-state index in [-0.39, 0.29) is 0 Å². The van der Waals surface area contributed by atoms with Crippen molar-refractivity contribution in [1.29, 1.82) is 0 Å². The van der Waals surface area contributed by atoms with Gasteiger partial charge in [0, 0.05) is 43.6 Å². The molecule has 3 rings (SSSR count). The fraction of sp³-hybridized carbons (Fsp3) is 0.583. The Bertz CT molecular complexity index is 346. The number of hydrogen-bond donors (Lipinski definition) is 1. The summed E-state index contributed by atoms with van der Waals surface area (Å²) in [6.07, 6.45) is 3.34. The van der Waals surface area contributed by atoms with Crippen LogP contribution in [0, 0.1) is 6.92 Å². The summed E-state index contributed by atoms with van der Waals surface area (Å²) in [5, 5.41) is 3.52. The Morgan fingerprint density at radius 2 is 2.47 bits per heavy atom. The zero-order valence-corrected chi connectivity index (χ0v) is 9.11. The molecular weight excluding hydrogens is 186 g/mol. The lowest BCUT2D eigenvalue weighted by Gasteiger charge is -2.27. The summed E-state index contributed by atoms with van der Waals surface area (Å²) < 4.78 is 0. The molecule has 1 aromatic heterocycles. The average Bonchev–Trinajstić information content (AvgIpc) is 2.83. The second kappa shape index (κ2) is 3.58. The largest absolute Gasteiger partial charge is 0.311 e. The molecule has 3 heterocycles. The first-order valence-corrected chi connectivity index (χ1v) is 5.70. The van der Waals surface area contributed by atoms with Crippen LogP contribution in [0.5, 0.6) is 0 Å². The highest BCUT2D eigenvalue weighted by Gasteiger charge is 2.37. The molecule has 0 aromatic carbocycles. The molecule has 0 unspecified atom stereocenters. The highest BCUT2D eigenvalue weighted by Crippen LogP contribution is 2.24. The Hall–Kier alpha value is -0.930. The van der Waals surface area contributed by atoms with E-state index in [0.29, 0.717) is 0 Å². The Labute approximate surface area is 90.5 Å². The molecule has 2 fully saturated rings. The van der Waals surface area contributed by atoms with Crippen molar-refractivity contribution < 1.29 is 0 Å². The van der Waals surface area contributed by atoms with E-state index in [2.05, 4.69) is 27.3 Å². The molecule has 2 aliphatic rings. The van der Waals surface area contributed by atoms with Crippen molar-refractivity contribution in [2.24, 2.45) is 0 Å². The monoisotopic (exact) mass is 203 g/mol. The molecule has 1 N–H and O–H groups in total. The molecule has 1 aromatic rings. The number of aromatic nitrogens is 1. The second-order valence-electron chi connectivity index (χ2n) is 4.73. The van der Waals surface area contributed by atoms with E-state index in [1.807, 2.05) is 13.1 Å². The van der Waals surface area contributed by atoms with E-state index in [1.165, 1.54) is 25.1 Å². The van der Waals surface area contributed by atoms with Crippen LogP contribution in [0.1, 0.15) is 17.7 Å². The van der Waals surface area contributed by atoms with E-state index in [4.69, 9.17) is 0 Å². The van der Waals surface area contributed by atoms with Crippen molar-refractivity contribution in [3.05, 3.63) is 29.6 Å². The third kappa shape index (κ3) is 1.77. The number of hydrogen-bond acceptors (Lipinski definition) is 3. The quantitative estimate of drug-likeness (QED) is 0.775. The van der Waals surface area contributed by atoms with Gasteiger partial charge in [-0.1, -0.05) is 6.07 Å². The number of piperazine rings is 1. The first-order chi connectivity index (χ1) is 7.31.